The van der Waals surface area contributed by atoms with Crippen LogP contribution in [-0.4, -0.2) is 51.4 Å². The molecule has 0 saturated carbocycles. The van der Waals surface area contributed by atoms with Crippen molar-refractivity contribution in [1.82, 2.24) is 14.5 Å². The summed E-state index contributed by atoms with van der Waals surface area (Å²) in [4.78, 5) is 29.4. The Morgan fingerprint density at radius 1 is 1.03 bits per heavy atom. The Balaban J connectivity index is 1.24. The van der Waals surface area contributed by atoms with Gasteiger partial charge in [-0.05, 0) is 49.4 Å². The predicted molar refractivity (Wildman–Crippen MR) is 119 cm³/mol. The van der Waals surface area contributed by atoms with E-state index in [1.54, 1.807) is 10.6 Å². The van der Waals surface area contributed by atoms with E-state index in [0.29, 0.717) is 17.4 Å². The highest BCUT2D eigenvalue weighted by Gasteiger charge is 2.30. The van der Waals surface area contributed by atoms with E-state index in [4.69, 9.17) is 4.74 Å². The van der Waals surface area contributed by atoms with E-state index in [1.807, 2.05) is 36.4 Å². The van der Waals surface area contributed by atoms with E-state index < -0.39 is 6.10 Å². The Bertz CT molecular complexity index is 1190. The zero-order chi connectivity index (χ0) is 21.4. The van der Waals surface area contributed by atoms with Crippen molar-refractivity contribution in [1.29, 1.82) is 0 Å². The van der Waals surface area contributed by atoms with Crippen molar-refractivity contribution in [2.45, 2.75) is 43.9 Å². The van der Waals surface area contributed by atoms with Crippen LogP contribution in [0.1, 0.15) is 30.9 Å². The Morgan fingerprint density at radius 2 is 1.77 bits per heavy atom. The molecule has 31 heavy (non-hydrogen) atoms. The quantitative estimate of drug-likeness (QED) is 0.674. The molecule has 2 atom stereocenters. The predicted octanol–water partition coefficient (Wildman–Crippen LogP) is 2.08. The van der Waals surface area contributed by atoms with Crippen molar-refractivity contribution >= 4 is 10.9 Å². The third-order valence-electron chi connectivity index (χ3n) is 6.59. The first-order valence-corrected chi connectivity index (χ1v) is 11.0. The van der Waals surface area contributed by atoms with Crippen molar-refractivity contribution in [3.8, 4) is 5.75 Å². The second kappa shape index (κ2) is 8.32. The van der Waals surface area contributed by atoms with Crippen LogP contribution in [0.3, 0.4) is 0 Å². The molecule has 3 heterocycles. The minimum atomic E-state index is -0.554. The Morgan fingerprint density at radius 3 is 2.61 bits per heavy atom. The molecule has 2 aliphatic heterocycles. The summed E-state index contributed by atoms with van der Waals surface area (Å²) >= 11 is 0. The van der Waals surface area contributed by atoms with Crippen LogP contribution in [-0.2, 0) is 6.42 Å². The largest absolute Gasteiger partial charge is 0.487 e. The molecule has 7 nitrogen and oxygen atoms in total. The number of β-amino-alcohol motifs (C(OH)–C–C–N with tert-alkyl or cyclic N) is 1. The molecule has 2 aliphatic rings. The van der Waals surface area contributed by atoms with E-state index in [1.165, 1.54) is 5.56 Å². The van der Waals surface area contributed by atoms with Gasteiger partial charge in [0.05, 0.1) is 10.9 Å². The monoisotopic (exact) mass is 421 g/mol. The number of aromatic amines is 1. The number of hydrogen-bond acceptors (Lipinski definition) is 5. The molecule has 0 unspecified atom stereocenters. The van der Waals surface area contributed by atoms with Gasteiger partial charge in [0.25, 0.3) is 5.56 Å². The fourth-order valence-electron chi connectivity index (χ4n) is 4.93. The number of aliphatic hydroxyl groups is 1. The topological polar surface area (TPSA) is 87.6 Å². The SMILES string of the molecule is O=c1[nH]c(=O)n(C2CCN(C[C@@H](O)[C@H]3CCc4ccccc4O3)CC2)c2ccccc12. The number of hydrogen-bond donors (Lipinski definition) is 2. The fourth-order valence-corrected chi connectivity index (χ4v) is 4.93. The molecule has 0 aliphatic carbocycles. The lowest BCUT2D eigenvalue weighted by molar-refractivity contribution is -0.00361. The van der Waals surface area contributed by atoms with E-state index >= 15 is 0 Å². The minimum absolute atomic E-state index is 0.0282. The van der Waals surface area contributed by atoms with E-state index in [2.05, 4.69) is 16.0 Å². The van der Waals surface area contributed by atoms with Crippen LogP contribution >= 0.6 is 0 Å². The lowest BCUT2D eigenvalue weighted by atomic mass is 9.98. The number of nitrogens with one attached hydrogen (secondary N) is 1. The molecule has 7 heteroatoms. The first kappa shape index (κ1) is 20.0. The summed E-state index contributed by atoms with van der Waals surface area (Å²) in [5.74, 6) is 0.876. The molecular weight excluding hydrogens is 394 g/mol. The number of aliphatic hydroxyl groups excluding tert-OH is 1. The Labute approximate surface area is 179 Å². The molecule has 2 aromatic carbocycles. The van der Waals surface area contributed by atoms with Crippen molar-refractivity contribution in [3.05, 3.63) is 74.9 Å². The normalized spacial score (nSPS) is 20.9. The van der Waals surface area contributed by atoms with Crippen LogP contribution in [0.5, 0.6) is 5.75 Å². The summed E-state index contributed by atoms with van der Waals surface area (Å²) in [5, 5.41) is 11.3. The van der Waals surface area contributed by atoms with Crippen molar-refractivity contribution < 1.29 is 9.84 Å². The molecular formula is C24H27N3O4. The van der Waals surface area contributed by atoms with Gasteiger partial charge in [0, 0.05) is 25.7 Å². The van der Waals surface area contributed by atoms with Gasteiger partial charge in [-0.3, -0.25) is 14.3 Å². The van der Waals surface area contributed by atoms with Crippen LogP contribution in [0.4, 0.5) is 0 Å². The minimum Gasteiger partial charge on any atom is -0.487 e. The van der Waals surface area contributed by atoms with Gasteiger partial charge in [0.15, 0.2) is 0 Å². The smallest absolute Gasteiger partial charge is 0.329 e. The van der Waals surface area contributed by atoms with Gasteiger partial charge in [-0.15, -0.1) is 0 Å². The van der Waals surface area contributed by atoms with E-state index in [-0.39, 0.29) is 23.4 Å². The molecule has 162 valence electrons. The van der Waals surface area contributed by atoms with E-state index in [0.717, 1.165) is 44.5 Å². The summed E-state index contributed by atoms with van der Waals surface area (Å²) in [6.07, 6.45) is 2.56. The number of benzene rings is 2. The van der Waals surface area contributed by atoms with E-state index in [9.17, 15) is 14.7 Å². The average Bonchev–Trinajstić information content (AvgIpc) is 2.80. The lowest BCUT2D eigenvalue weighted by Crippen LogP contribution is -2.46. The number of piperidine rings is 1. The van der Waals surface area contributed by atoms with Crippen LogP contribution < -0.4 is 16.0 Å². The molecule has 5 rings (SSSR count). The standard InChI is InChI=1S/C24H27N3O4/c28-20(22-10-9-16-5-1-4-8-21(16)31-22)15-26-13-11-17(12-14-26)27-19-7-3-2-6-18(19)23(29)25-24(27)30/h1-8,17,20,22,28H,9-15H2,(H,25,29,30)/t20-,22-/m1/s1. The lowest BCUT2D eigenvalue weighted by Gasteiger charge is -2.36. The fraction of sp³-hybridized carbons (Fsp3) is 0.417. The number of aryl methyl sites for hydroxylation is 1. The maximum Gasteiger partial charge on any atom is 0.329 e. The van der Waals surface area contributed by atoms with Gasteiger partial charge in [-0.2, -0.15) is 0 Å². The summed E-state index contributed by atoms with van der Waals surface area (Å²) in [7, 11) is 0. The summed E-state index contributed by atoms with van der Waals surface area (Å²) in [6, 6.07) is 15.3. The number of rotatable bonds is 4. The molecule has 1 saturated heterocycles. The number of aromatic nitrogens is 2. The third-order valence-corrected chi connectivity index (χ3v) is 6.59. The van der Waals surface area contributed by atoms with Crippen molar-refractivity contribution in [3.63, 3.8) is 0 Å². The van der Waals surface area contributed by atoms with Gasteiger partial charge < -0.3 is 14.7 Å². The molecule has 1 fully saturated rings. The highest BCUT2D eigenvalue weighted by molar-refractivity contribution is 5.77. The van der Waals surface area contributed by atoms with Crippen LogP contribution in [0.2, 0.25) is 0 Å². The number of ether oxygens (including phenoxy) is 1. The molecule has 3 aromatic rings. The van der Waals surface area contributed by atoms with Gasteiger partial charge in [0.1, 0.15) is 18.0 Å². The zero-order valence-electron chi connectivity index (χ0n) is 17.4. The number of H-pyrrole nitrogens is 1. The molecule has 0 spiro atoms. The van der Waals surface area contributed by atoms with Gasteiger partial charge in [-0.25, -0.2) is 4.79 Å². The van der Waals surface area contributed by atoms with Crippen LogP contribution in [0, 0.1) is 0 Å². The second-order valence-electron chi connectivity index (χ2n) is 8.55. The highest BCUT2D eigenvalue weighted by atomic mass is 16.5. The highest BCUT2D eigenvalue weighted by Crippen LogP contribution is 2.29. The summed E-state index contributed by atoms with van der Waals surface area (Å²) < 4.78 is 7.77. The molecule has 0 bridgehead atoms. The Hall–Kier alpha value is -2.90. The first-order chi connectivity index (χ1) is 15.1. The molecule has 0 radical (unpaired) electrons. The maximum atomic E-state index is 12.6. The number of para-hydroxylation sites is 2. The van der Waals surface area contributed by atoms with Crippen LogP contribution in [0.15, 0.2) is 58.1 Å². The average molecular weight is 421 g/mol. The Kier molecular flexibility index (Phi) is 5.38. The van der Waals surface area contributed by atoms with Crippen LogP contribution in [0.25, 0.3) is 10.9 Å². The maximum absolute atomic E-state index is 12.6. The van der Waals surface area contributed by atoms with Crippen molar-refractivity contribution in [2.75, 3.05) is 19.6 Å². The van der Waals surface area contributed by atoms with Gasteiger partial charge in [0.2, 0.25) is 0 Å². The van der Waals surface area contributed by atoms with Gasteiger partial charge >= 0.3 is 5.69 Å². The van der Waals surface area contributed by atoms with Gasteiger partial charge in [-0.1, -0.05) is 30.3 Å². The first-order valence-electron chi connectivity index (χ1n) is 11.0. The summed E-state index contributed by atoms with van der Waals surface area (Å²) in [6.45, 7) is 2.12. The third kappa shape index (κ3) is 3.91. The second-order valence-corrected chi connectivity index (χ2v) is 8.55. The summed E-state index contributed by atoms with van der Waals surface area (Å²) in [5.41, 5.74) is 1.19. The number of fused-ring (bicyclic) bond motifs is 2. The van der Waals surface area contributed by atoms with Crippen molar-refractivity contribution in [2.24, 2.45) is 0 Å². The number of likely N-dealkylation sites (tertiary alicyclic amines) is 1. The molecule has 1 aromatic heterocycles. The molecule has 2 N–H and O–H groups in total. The zero-order valence-corrected chi connectivity index (χ0v) is 17.4. The molecule has 0 amide bonds. The number of nitrogens with zero attached hydrogens (tertiary/aromatic N) is 2.